The van der Waals surface area contributed by atoms with Crippen LogP contribution in [0.4, 0.5) is 0 Å². The van der Waals surface area contributed by atoms with Crippen molar-refractivity contribution < 1.29 is 0 Å². The summed E-state index contributed by atoms with van der Waals surface area (Å²) < 4.78 is 0. The SMILES string of the molecule is CCCCCc1ccc(CN(CCN(CCCC)CCCC)Cc2ccc(-c3ccccc3)cc2)cc1. The zero-order chi connectivity index (χ0) is 26.1. The fourth-order valence-corrected chi connectivity index (χ4v) is 4.94. The molecule has 0 unspecified atom stereocenters. The van der Waals surface area contributed by atoms with Gasteiger partial charge in [-0.1, -0.05) is 125 Å². The number of unbranched alkanes of at least 4 members (excludes halogenated alkanes) is 4. The van der Waals surface area contributed by atoms with Gasteiger partial charge in [-0.2, -0.15) is 0 Å². The van der Waals surface area contributed by atoms with E-state index in [2.05, 4.69) is 109 Å². The fourth-order valence-electron chi connectivity index (χ4n) is 4.94. The summed E-state index contributed by atoms with van der Waals surface area (Å²) in [7, 11) is 0. The van der Waals surface area contributed by atoms with Gasteiger partial charge in [0.2, 0.25) is 0 Å². The molecule has 0 fully saturated rings. The molecule has 0 atom stereocenters. The minimum atomic E-state index is 0.989. The van der Waals surface area contributed by atoms with Gasteiger partial charge in [0.1, 0.15) is 0 Å². The molecule has 2 heteroatoms. The monoisotopic (exact) mass is 498 g/mol. The third-order valence-electron chi connectivity index (χ3n) is 7.35. The molecule has 0 aliphatic rings. The zero-order valence-electron chi connectivity index (χ0n) is 23.8. The van der Waals surface area contributed by atoms with Crippen LogP contribution in [0.2, 0.25) is 0 Å². The molecule has 0 aliphatic heterocycles. The van der Waals surface area contributed by atoms with E-state index in [4.69, 9.17) is 0 Å². The lowest BCUT2D eigenvalue weighted by molar-refractivity contribution is 0.189. The predicted octanol–water partition coefficient (Wildman–Crippen LogP) is 8.99. The molecule has 0 saturated carbocycles. The Bertz CT molecular complexity index is 954. The number of nitrogens with zero attached hydrogens (tertiary/aromatic N) is 2. The maximum absolute atomic E-state index is 2.69. The molecule has 0 aliphatic carbocycles. The van der Waals surface area contributed by atoms with Crippen molar-refractivity contribution in [1.82, 2.24) is 9.80 Å². The molecule has 200 valence electrons. The molecule has 0 N–H and O–H groups in total. The molecule has 0 amide bonds. The molecule has 0 radical (unpaired) electrons. The van der Waals surface area contributed by atoms with Crippen molar-refractivity contribution in [3.63, 3.8) is 0 Å². The van der Waals surface area contributed by atoms with E-state index >= 15 is 0 Å². The first-order valence-corrected chi connectivity index (χ1v) is 14.9. The average Bonchev–Trinajstić information content (AvgIpc) is 2.94. The molecule has 0 saturated heterocycles. The third-order valence-corrected chi connectivity index (χ3v) is 7.35. The van der Waals surface area contributed by atoms with Crippen molar-refractivity contribution in [2.45, 2.75) is 85.2 Å². The molecule has 3 aromatic carbocycles. The highest BCUT2D eigenvalue weighted by Crippen LogP contribution is 2.20. The van der Waals surface area contributed by atoms with E-state index in [1.807, 2.05) is 0 Å². The van der Waals surface area contributed by atoms with Crippen molar-refractivity contribution in [2.24, 2.45) is 0 Å². The molecule has 3 rings (SSSR count). The van der Waals surface area contributed by atoms with Crippen molar-refractivity contribution >= 4 is 0 Å². The molecular weight excluding hydrogens is 448 g/mol. The molecule has 3 aromatic rings. The summed E-state index contributed by atoms with van der Waals surface area (Å²) in [5, 5.41) is 0. The lowest BCUT2D eigenvalue weighted by Crippen LogP contribution is -2.36. The average molecular weight is 499 g/mol. The van der Waals surface area contributed by atoms with Gasteiger partial charge in [-0.05, 0) is 66.6 Å². The van der Waals surface area contributed by atoms with Crippen LogP contribution in [0.5, 0.6) is 0 Å². The van der Waals surface area contributed by atoms with E-state index in [1.54, 1.807) is 0 Å². The number of aryl methyl sites for hydroxylation is 1. The van der Waals surface area contributed by atoms with Crippen LogP contribution in [0, 0.1) is 0 Å². The third kappa shape index (κ3) is 10.8. The largest absolute Gasteiger partial charge is 0.302 e. The number of rotatable bonds is 18. The van der Waals surface area contributed by atoms with Gasteiger partial charge in [-0.3, -0.25) is 4.90 Å². The molecule has 2 nitrogen and oxygen atoms in total. The highest BCUT2D eigenvalue weighted by molar-refractivity contribution is 5.63. The minimum absolute atomic E-state index is 0.989. The quantitative estimate of drug-likeness (QED) is 0.161. The highest BCUT2D eigenvalue weighted by atomic mass is 15.2. The summed E-state index contributed by atoms with van der Waals surface area (Å²) >= 11 is 0. The van der Waals surface area contributed by atoms with E-state index in [1.165, 1.54) is 92.3 Å². The first kappa shape index (κ1) is 29.1. The van der Waals surface area contributed by atoms with Crippen molar-refractivity contribution in [3.8, 4) is 11.1 Å². The summed E-state index contributed by atoms with van der Waals surface area (Å²) in [4.78, 5) is 5.34. The predicted molar refractivity (Wildman–Crippen MR) is 162 cm³/mol. The topological polar surface area (TPSA) is 6.48 Å². The maximum atomic E-state index is 2.69. The van der Waals surface area contributed by atoms with Crippen molar-refractivity contribution in [1.29, 1.82) is 0 Å². The van der Waals surface area contributed by atoms with E-state index in [0.717, 1.165) is 26.2 Å². The Balaban J connectivity index is 1.67. The lowest BCUT2D eigenvalue weighted by atomic mass is 10.0. The fraction of sp³-hybridized carbons (Fsp3) is 0.486. The first-order chi connectivity index (χ1) is 18.2. The van der Waals surface area contributed by atoms with Gasteiger partial charge in [0.15, 0.2) is 0 Å². The second-order valence-electron chi connectivity index (χ2n) is 10.6. The standard InChI is InChI=1S/C35H50N2/c1-4-7-11-14-31-17-19-32(20-18-31)29-37(28-27-36(25-8-5-2)26-9-6-3)30-33-21-23-35(24-22-33)34-15-12-10-13-16-34/h10,12-13,15-24H,4-9,11,14,25-30H2,1-3H3. The van der Waals surface area contributed by atoms with Gasteiger partial charge >= 0.3 is 0 Å². The summed E-state index contributed by atoms with van der Waals surface area (Å²) in [5.41, 5.74) is 6.87. The summed E-state index contributed by atoms with van der Waals surface area (Å²) in [6.07, 6.45) is 10.2. The second kappa shape index (κ2) is 17.2. The smallest absolute Gasteiger partial charge is 0.0237 e. The summed E-state index contributed by atoms with van der Waals surface area (Å²) in [6.45, 7) is 13.6. The lowest BCUT2D eigenvalue weighted by Gasteiger charge is -2.28. The number of hydrogen-bond acceptors (Lipinski definition) is 2. The Morgan fingerprint density at radius 2 is 0.919 bits per heavy atom. The second-order valence-corrected chi connectivity index (χ2v) is 10.6. The van der Waals surface area contributed by atoms with E-state index in [0.29, 0.717) is 0 Å². The Kier molecular flexibility index (Phi) is 13.5. The summed E-state index contributed by atoms with van der Waals surface area (Å²) in [5.74, 6) is 0. The van der Waals surface area contributed by atoms with Gasteiger partial charge in [-0.25, -0.2) is 0 Å². The highest BCUT2D eigenvalue weighted by Gasteiger charge is 2.11. The minimum Gasteiger partial charge on any atom is -0.302 e. The van der Waals surface area contributed by atoms with Crippen LogP contribution in [0.25, 0.3) is 11.1 Å². The first-order valence-electron chi connectivity index (χ1n) is 14.9. The maximum Gasteiger partial charge on any atom is 0.0237 e. The van der Waals surface area contributed by atoms with Crippen molar-refractivity contribution in [2.75, 3.05) is 26.2 Å². The summed E-state index contributed by atoms with van der Waals surface area (Å²) in [6, 6.07) is 29.3. The van der Waals surface area contributed by atoms with Gasteiger partial charge < -0.3 is 4.90 Å². The number of benzene rings is 3. The van der Waals surface area contributed by atoms with Crippen molar-refractivity contribution in [3.05, 3.63) is 95.6 Å². The van der Waals surface area contributed by atoms with Crippen LogP contribution in [0.15, 0.2) is 78.9 Å². The molecule has 0 bridgehead atoms. The molecule has 0 spiro atoms. The van der Waals surface area contributed by atoms with Crippen LogP contribution in [-0.2, 0) is 19.5 Å². The van der Waals surface area contributed by atoms with Crippen LogP contribution in [0.3, 0.4) is 0 Å². The molecule has 0 heterocycles. The Morgan fingerprint density at radius 1 is 0.432 bits per heavy atom. The van der Waals surface area contributed by atoms with E-state index in [9.17, 15) is 0 Å². The van der Waals surface area contributed by atoms with Crippen LogP contribution in [-0.4, -0.2) is 36.0 Å². The molecular formula is C35H50N2. The molecule has 0 aromatic heterocycles. The van der Waals surface area contributed by atoms with Gasteiger partial charge in [0.05, 0.1) is 0 Å². The van der Waals surface area contributed by atoms with Gasteiger partial charge in [0, 0.05) is 26.2 Å². The Labute approximate surface area is 227 Å². The van der Waals surface area contributed by atoms with Crippen LogP contribution in [0.1, 0.15) is 82.4 Å². The van der Waals surface area contributed by atoms with E-state index < -0.39 is 0 Å². The van der Waals surface area contributed by atoms with Gasteiger partial charge in [0.25, 0.3) is 0 Å². The number of hydrogen-bond donors (Lipinski definition) is 0. The zero-order valence-corrected chi connectivity index (χ0v) is 23.8. The van der Waals surface area contributed by atoms with E-state index in [-0.39, 0.29) is 0 Å². The van der Waals surface area contributed by atoms with Gasteiger partial charge in [-0.15, -0.1) is 0 Å². The van der Waals surface area contributed by atoms with Crippen LogP contribution >= 0.6 is 0 Å². The van der Waals surface area contributed by atoms with Crippen LogP contribution < -0.4 is 0 Å². The molecule has 37 heavy (non-hydrogen) atoms. The Morgan fingerprint density at radius 3 is 1.49 bits per heavy atom. The Hall–Kier alpha value is -2.42. The normalized spacial score (nSPS) is 11.5.